The van der Waals surface area contributed by atoms with Crippen LogP contribution in [0, 0.1) is 0 Å². The van der Waals surface area contributed by atoms with E-state index in [-0.39, 0.29) is 5.78 Å². The van der Waals surface area contributed by atoms with Crippen molar-refractivity contribution < 1.29 is 4.79 Å². The Kier molecular flexibility index (Phi) is 2.59. The van der Waals surface area contributed by atoms with E-state index in [9.17, 15) is 4.79 Å². The number of rotatable bonds is 3. The molecular weight excluding hydrogens is 160 g/mol. The number of nitrogens with zero attached hydrogens (tertiary/aromatic N) is 1. The molecule has 0 aliphatic rings. The molecule has 11 heavy (non-hydrogen) atoms. The minimum absolute atomic E-state index is 0.206. The fourth-order valence-corrected chi connectivity index (χ4v) is 1.42. The Morgan fingerprint density at radius 1 is 1.82 bits per heavy atom. The molecule has 0 aromatic carbocycles. The highest BCUT2D eigenvalue weighted by molar-refractivity contribution is 7.15. The van der Waals surface area contributed by atoms with Crippen molar-refractivity contribution in [3.8, 4) is 0 Å². The largest absolute Gasteiger partial charge is 0.375 e. The monoisotopic (exact) mass is 170 g/mol. The van der Waals surface area contributed by atoms with E-state index in [2.05, 4.69) is 4.98 Å². The van der Waals surface area contributed by atoms with E-state index in [0.29, 0.717) is 11.6 Å². The van der Waals surface area contributed by atoms with Crippen LogP contribution in [0.25, 0.3) is 0 Å². The second-order valence-electron chi connectivity index (χ2n) is 2.37. The highest BCUT2D eigenvalue weighted by Crippen LogP contribution is 2.15. The Hall–Kier alpha value is -0.900. The van der Waals surface area contributed by atoms with Gasteiger partial charge in [-0.05, 0) is 13.3 Å². The normalized spacial score (nSPS) is 9.91. The van der Waals surface area contributed by atoms with Crippen LogP contribution >= 0.6 is 11.3 Å². The zero-order valence-electron chi connectivity index (χ0n) is 6.33. The van der Waals surface area contributed by atoms with Crippen LogP contribution in [-0.4, -0.2) is 10.8 Å². The van der Waals surface area contributed by atoms with Gasteiger partial charge in [0.25, 0.3) is 0 Å². The Morgan fingerprint density at radius 3 is 3.00 bits per heavy atom. The molecule has 0 saturated carbocycles. The summed E-state index contributed by atoms with van der Waals surface area (Å²) < 4.78 is 0. The van der Waals surface area contributed by atoms with Crippen LogP contribution in [0.5, 0.6) is 0 Å². The van der Waals surface area contributed by atoms with E-state index in [1.54, 1.807) is 13.1 Å². The van der Waals surface area contributed by atoms with Crippen LogP contribution in [0.2, 0.25) is 0 Å². The molecule has 0 atom stereocenters. The number of aryl methyl sites for hydroxylation is 1. The lowest BCUT2D eigenvalue weighted by Gasteiger charge is -1.89. The fourth-order valence-electron chi connectivity index (χ4n) is 0.737. The molecule has 60 valence electrons. The number of carbonyl (C=O) groups excluding carboxylic acids is 1. The molecule has 1 aromatic rings. The highest BCUT2D eigenvalue weighted by Gasteiger charge is 1.99. The van der Waals surface area contributed by atoms with Gasteiger partial charge in [-0.15, -0.1) is 11.3 Å². The first-order valence-corrected chi connectivity index (χ1v) is 4.20. The molecule has 1 heterocycles. The lowest BCUT2D eigenvalue weighted by atomic mass is 10.2. The van der Waals surface area contributed by atoms with Crippen molar-refractivity contribution in [2.75, 3.05) is 5.73 Å². The zero-order valence-corrected chi connectivity index (χ0v) is 7.15. The maximum atomic E-state index is 10.6. The van der Waals surface area contributed by atoms with Gasteiger partial charge in [0, 0.05) is 17.5 Å². The number of hydrogen-bond donors (Lipinski definition) is 1. The molecule has 0 saturated heterocycles. The number of aromatic nitrogens is 1. The average molecular weight is 170 g/mol. The first-order chi connectivity index (χ1) is 5.18. The predicted octanol–water partition coefficient (Wildman–Crippen LogP) is 1.25. The van der Waals surface area contributed by atoms with Crippen molar-refractivity contribution in [1.29, 1.82) is 0 Å². The summed E-state index contributed by atoms with van der Waals surface area (Å²) in [7, 11) is 0. The van der Waals surface area contributed by atoms with E-state index in [0.717, 1.165) is 11.3 Å². The summed E-state index contributed by atoms with van der Waals surface area (Å²) >= 11 is 1.44. The van der Waals surface area contributed by atoms with Gasteiger partial charge in [0.1, 0.15) is 5.78 Å². The summed E-state index contributed by atoms with van der Waals surface area (Å²) in [6.45, 7) is 1.59. The number of ketones is 1. The van der Waals surface area contributed by atoms with Gasteiger partial charge >= 0.3 is 0 Å². The van der Waals surface area contributed by atoms with Gasteiger partial charge in [-0.1, -0.05) is 0 Å². The Morgan fingerprint density at radius 2 is 2.55 bits per heavy atom. The second kappa shape index (κ2) is 3.48. The van der Waals surface area contributed by atoms with Gasteiger partial charge in [0.05, 0.1) is 0 Å². The van der Waals surface area contributed by atoms with Gasteiger partial charge in [-0.25, -0.2) is 4.98 Å². The highest BCUT2D eigenvalue weighted by atomic mass is 32.1. The second-order valence-corrected chi connectivity index (χ2v) is 3.51. The van der Waals surface area contributed by atoms with Crippen molar-refractivity contribution >= 4 is 22.3 Å². The van der Waals surface area contributed by atoms with E-state index in [1.807, 2.05) is 0 Å². The molecule has 0 bridgehead atoms. The molecule has 1 rings (SSSR count). The minimum atomic E-state index is 0.206. The summed E-state index contributed by atoms with van der Waals surface area (Å²) in [6, 6.07) is 0. The molecule has 0 aliphatic heterocycles. The summed E-state index contributed by atoms with van der Waals surface area (Å²) in [4.78, 5) is 15.5. The first kappa shape index (κ1) is 8.20. The van der Waals surface area contributed by atoms with Crippen LogP contribution < -0.4 is 5.73 Å². The molecule has 0 fully saturated rings. The average Bonchev–Trinajstić information content (AvgIpc) is 2.31. The zero-order chi connectivity index (χ0) is 8.27. The molecular formula is C7H10N2OS. The number of thiazole rings is 1. The summed E-state index contributed by atoms with van der Waals surface area (Å²) in [6.07, 6.45) is 3.08. The van der Waals surface area contributed by atoms with E-state index < -0.39 is 0 Å². The third-order valence-corrected chi connectivity index (χ3v) is 2.18. The van der Waals surface area contributed by atoms with Crippen LogP contribution in [0.1, 0.15) is 18.2 Å². The first-order valence-electron chi connectivity index (χ1n) is 3.38. The van der Waals surface area contributed by atoms with Gasteiger partial charge in [-0.3, -0.25) is 0 Å². The molecule has 0 aliphatic carbocycles. The maximum absolute atomic E-state index is 10.6. The Labute approximate surface area is 69.3 Å². The number of anilines is 1. The lowest BCUT2D eigenvalue weighted by Crippen LogP contribution is -1.91. The number of nitrogen functional groups attached to an aromatic ring is 1. The Bertz CT molecular complexity index is 257. The summed E-state index contributed by atoms with van der Waals surface area (Å²) in [5.41, 5.74) is 5.41. The number of Topliss-reactive ketones (excluding diaryl/α,β-unsaturated/α-hetero) is 1. The molecule has 1 aromatic heterocycles. The number of carbonyl (C=O) groups is 1. The quantitative estimate of drug-likeness (QED) is 0.742. The predicted molar refractivity (Wildman–Crippen MR) is 45.5 cm³/mol. The smallest absolute Gasteiger partial charge is 0.180 e. The van der Waals surface area contributed by atoms with Crippen molar-refractivity contribution in [2.24, 2.45) is 0 Å². The van der Waals surface area contributed by atoms with Crippen molar-refractivity contribution in [3.63, 3.8) is 0 Å². The molecule has 0 radical (unpaired) electrons. The van der Waals surface area contributed by atoms with Crippen LogP contribution in [-0.2, 0) is 11.2 Å². The molecule has 2 N–H and O–H groups in total. The van der Waals surface area contributed by atoms with Crippen molar-refractivity contribution in [2.45, 2.75) is 19.8 Å². The van der Waals surface area contributed by atoms with Gasteiger partial charge in [0.2, 0.25) is 0 Å². The van der Waals surface area contributed by atoms with Crippen LogP contribution in [0.15, 0.2) is 6.20 Å². The Balaban J connectivity index is 2.45. The minimum Gasteiger partial charge on any atom is -0.375 e. The molecule has 0 spiro atoms. The number of nitrogens with two attached hydrogens (primary N) is 1. The topological polar surface area (TPSA) is 56.0 Å². The summed E-state index contributed by atoms with van der Waals surface area (Å²) in [5.74, 6) is 0.206. The van der Waals surface area contributed by atoms with Crippen LogP contribution in [0.3, 0.4) is 0 Å². The third kappa shape index (κ3) is 2.67. The fraction of sp³-hybridized carbons (Fsp3) is 0.429. The molecule has 0 amide bonds. The van der Waals surface area contributed by atoms with E-state index in [1.165, 1.54) is 11.3 Å². The van der Waals surface area contributed by atoms with Gasteiger partial charge in [0.15, 0.2) is 5.13 Å². The van der Waals surface area contributed by atoms with Crippen LogP contribution in [0.4, 0.5) is 5.13 Å². The van der Waals surface area contributed by atoms with E-state index in [4.69, 9.17) is 5.73 Å². The standard InChI is InChI=1S/C7H10N2OS/c1-5(10)2-3-6-4-9-7(8)11-6/h4H,2-3H2,1H3,(H2,8,9). The molecule has 3 nitrogen and oxygen atoms in total. The summed E-state index contributed by atoms with van der Waals surface area (Å²) in [5, 5.41) is 0.573. The molecule has 0 unspecified atom stereocenters. The van der Waals surface area contributed by atoms with Crippen molar-refractivity contribution in [3.05, 3.63) is 11.1 Å². The molecule has 4 heteroatoms. The van der Waals surface area contributed by atoms with Gasteiger partial charge < -0.3 is 10.5 Å². The van der Waals surface area contributed by atoms with Crippen molar-refractivity contribution in [1.82, 2.24) is 4.98 Å². The lowest BCUT2D eigenvalue weighted by molar-refractivity contribution is -0.116. The third-order valence-electron chi connectivity index (χ3n) is 1.29. The maximum Gasteiger partial charge on any atom is 0.180 e. The van der Waals surface area contributed by atoms with E-state index >= 15 is 0 Å². The van der Waals surface area contributed by atoms with Gasteiger partial charge in [-0.2, -0.15) is 0 Å². The number of hydrogen-bond acceptors (Lipinski definition) is 4. The SMILES string of the molecule is CC(=O)CCc1cnc(N)s1.